The summed E-state index contributed by atoms with van der Waals surface area (Å²) >= 11 is 0. The molecule has 0 saturated carbocycles. The molecule has 5 nitrogen and oxygen atoms in total. The van der Waals surface area contributed by atoms with E-state index in [9.17, 15) is 9.90 Å². The van der Waals surface area contributed by atoms with Gasteiger partial charge in [0.25, 0.3) is 0 Å². The second-order valence-corrected chi connectivity index (χ2v) is 6.59. The predicted molar refractivity (Wildman–Crippen MR) is 99.8 cm³/mol. The van der Waals surface area contributed by atoms with Gasteiger partial charge < -0.3 is 14.9 Å². The Kier molecular flexibility index (Phi) is 5.24. The van der Waals surface area contributed by atoms with Crippen LogP contribution in [0.1, 0.15) is 11.6 Å². The first kappa shape index (κ1) is 17.3. The summed E-state index contributed by atoms with van der Waals surface area (Å²) in [6, 6.07) is 17.1. The summed E-state index contributed by atoms with van der Waals surface area (Å²) in [7, 11) is 3.62. The van der Waals surface area contributed by atoms with Gasteiger partial charge in [0.05, 0.1) is 0 Å². The summed E-state index contributed by atoms with van der Waals surface area (Å²) in [5.41, 5.74) is 2.15. The second-order valence-electron chi connectivity index (χ2n) is 6.59. The molecule has 2 aromatic carbocycles. The second kappa shape index (κ2) is 7.57. The number of nitrogens with zero attached hydrogens (tertiary/aromatic N) is 3. The molecular weight excluding hydrogens is 314 g/mol. The highest BCUT2D eigenvalue weighted by molar-refractivity contribution is 5.83. The molecule has 1 fully saturated rings. The lowest BCUT2D eigenvalue weighted by Crippen LogP contribution is -2.51. The summed E-state index contributed by atoms with van der Waals surface area (Å²) in [5, 5.41) is 9.44. The molecule has 0 spiro atoms. The van der Waals surface area contributed by atoms with Crippen LogP contribution in [0.3, 0.4) is 0 Å². The van der Waals surface area contributed by atoms with Crippen LogP contribution in [0.2, 0.25) is 0 Å². The van der Waals surface area contributed by atoms with Gasteiger partial charge in [-0.1, -0.05) is 30.3 Å². The van der Waals surface area contributed by atoms with E-state index >= 15 is 0 Å². The molecule has 1 N–H and O–H groups in total. The maximum Gasteiger partial charge on any atom is 0.244 e. The van der Waals surface area contributed by atoms with Crippen LogP contribution in [0, 0.1) is 0 Å². The van der Waals surface area contributed by atoms with Crippen molar-refractivity contribution in [3.63, 3.8) is 0 Å². The first-order valence-electron chi connectivity index (χ1n) is 8.60. The van der Waals surface area contributed by atoms with Crippen LogP contribution in [0.4, 0.5) is 5.69 Å². The number of benzene rings is 2. The number of phenols is 1. The largest absolute Gasteiger partial charge is 0.508 e. The molecule has 0 bridgehead atoms. The minimum absolute atomic E-state index is 0.115. The monoisotopic (exact) mass is 339 g/mol. The third-order valence-electron chi connectivity index (χ3n) is 4.68. The van der Waals surface area contributed by atoms with Crippen LogP contribution in [0.5, 0.6) is 5.75 Å². The Morgan fingerprint density at radius 3 is 2.12 bits per heavy atom. The predicted octanol–water partition coefficient (Wildman–Crippen LogP) is 2.34. The average molecular weight is 339 g/mol. The number of hydrogen-bond donors (Lipinski definition) is 1. The van der Waals surface area contributed by atoms with Gasteiger partial charge in [-0.05, 0) is 29.8 Å². The SMILES string of the molecule is CN(C)C(=O)[C@H](c1ccccc1)N1CCN(c2ccc(O)cc2)CC1. The Morgan fingerprint density at radius 2 is 1.56 bits per heavy atom. The molecule has 25 heavy (non-hydrogen) atoms. The first-order valence-corrected chi connectivity index (χ1v) is 8.60. The summed E-state index contributed by atoms with van der Waals surface area (Å²) < 4.78 is 0. The van der Waals surface area contributed by atoms with Crippen LogP contribution in [0.15, 0.2) is 54.6 Å². The van der Waals surface area contributed by atoms with Crippen molar-refractivity contribution in [1.82, 2.24) is 9.80 Å². The summed E-state index contributed by atoms with van der Waals surface area (Å²) in [5.74, 6) is 0.396. The minimum atomic E-state index is -0.238. The smallest absolute Gasteiger partial charge is 0.244 e. The van der Waals surface area contributed by atoms with Crippen molar-refractivity contribution in [3.05, 3.63) is 60.2 Å². The molecule has 5 heteroatoms. The van der Waals surface area contributed by atoms with Crippen molar-refractivity contribution in [2.24, 2.45) is 0 Å². The molecule has 132 valence electrons. The van der Waals surface area contributed by atoms with Gasteiger partial charge in [-0.2, -0.15) is 0 Å². The molecule has 1 amide bonds. The number of amides is 1. The number of phenolic OH excluding ortho intramolecular Hbond substituents is 1. The molecule has 1 saturated heterocycles. The number of aromatic hydroxyl groups is 1. The highest BCUT2D eigenvalue weighted by atomic mass is 16.3. The molecule has 0 radical (unpaired) electrons. The fraction of sp³-hybridized carbons (Fsp3) is 0.350. The summed E-state index contributed by atoms with van der Waals surface area (Å²) in [4.78, 5) is 19.0. The normalized spacial score (nSPS) is 16.5. The first-order chi connectivity index (χ1) is 12.1. The van der Waals surface area contributed by atoms with Crippen molar-refractivity contribution >= 4 is 11.6 Å². The van der Waals surface area contributed by atoms with E-state index in [1.54, 1.807) is 17.0 Å². The number of rotatable bonds is 4. The lowest BCUT2D eigenvalue weighted by Gasteiger charge is -2.40. The Labute approximate surface area is 149 Å². The fourth-order valence-electron chi connectivity index (χ4n) is 3.29. The van der Waals surface area contributed by atoms with Crippen molar-refractivity contribution in [3.8, 4) is 5.75 Å². The van der Waals surface area contributed by atoms with Gasteiger partial charge in [-0.25, -0.2) is 0 Å². The molecule has 2 aromatic rings. The van der Waals surface area contributed by atoms with Crippen molar-refractivity contribution < 1.29 is 9.90 Å². The Morgan fingerprint density at radius 1 is 0.960 bits per heavy atom. The van der Waals surface area contributed by atoms with Gasteiger partial charge in [-0.3, -0.25) is 9.69 Å². The van der Waals surface area contributed by atoms with Crippen LogP contribution < -0.4 is 4.90 Å². The zero-order valence-electron chi connectivity index (χ0n) is 14.8. The van der Waals surface area contributed by atoms with Crippen LogP contribution in [-0.4, -0.2) is 61.1 Å². The molecule has 0 aromatic heterocycles. The number of carbonyl (C=O) groups is 1. The molecule has 3 rings (SSSR count). The van der Waals surface area contributed by atoms with Crippen LogP contribution in [0.25, 0.3) is 0 Å². The average Bonchev–Trinajstić information content (AvgIpc) is 2.64. The maximum atomic E-state index is 12.8. The molecule has 1 heterocycles. The van der Waals surface area contributed by atoms with Gasteiger partial charge in [0.15, 0.2) is 0 Å². The summed E-state index contributed by atoms with van der Waals surface area (Å²) in [6.45, 7) is 3.35. The standard InChI is InChI=1S/C20H25N3O2/c1-21(2)20(25)19(16-6-4-3-5-7-16)23-14-12-22(13-15-23)17-8-10-18(24)11-9-17/h3-11,19,24H,12-15H2,1-2H3/t19-/m0/s1. The van der Waals surface area contributed by atoms with Crippen molar-refractivity contribution in [1.29, 1.82) is 0 Å². The quantitative estimate of drug-likeness (QED) is 0.929. The van der Waals surface area contributed by atoms with Gasteiger partial charge in [0.2, 0.25) is 5.91 Å². The number of carbonyl (C=O) groups excluding carboxylic acids is 1. The number of anilines is 1. The topological polar surface area (TPSA) is 47.0 Å². The minimum Gasteiger partial charge on any atom is -0.508 e. The maximum absolute atomic E-state index is 12.8. The zero-order valence-corrected chi connectivity index (χ0v) is 14.8. The van der Waals surface area contributed by atoms with E-state index in [1.807, 2.05) is 56.6 Å². The van der Waals surface area contributed by atoms with E-state index in [-0.39, 0.29) is 17.7 Å². The fourth-order valence-corrected chi connectivity index (χ4v) is 3.29. The van der Waals surface area contributed by atoms with Gasteiger partial charge in [0.1, 0.15) is 11.8 Å². The molecule has 1 atom stereocenters. The molecule has 0 unspecified atom stereocenters. The number of likely N-dealkylation sites (N-methyl/N-ethyl adjacent to an activating group) is 1. The zero-order chi connectivity index (χ0) is 17.8. The lowest BCUT2D eigenvalue weighted by atomic mass is 10.0. The molecule has 1 aliphatic rings. The Hall–Kier alpha value is -2.53. The Bertz CT molecular complexity index is 693. The highest BCUT2D eigenvalue weighted by Gasteiger charge is 2.31. The van der Waals surface area contributed by atoms with E-state index in [4.69, 9.17) is 0 Å². The van der Waals surface area contributed by atoms with E-state index < -0.39 is 0 Å². The molecule has 1 aliphatic heterocycles. The van der Waals surface area contributed by atoms with E-state index in [0.29, 0.717) is 0 Å². The van der Waals surface area contributed by atoms with Crippen molar-refractivity contribution in [2.75, 3.05) is 45.2 Å². The summed E-state index contributed by atoms with van der Waals surface area (Å²) in [6.07, 6.45) is 0. The van der Waals surface area contributed by atoms with Crippen LogP contribution in [-0.2, 0) is 4.79 Å². The Balaban J connectivity index is 1.74. The van der Waals surface area contributed by atoms with Gasteiger partial charge >= 0.3 is 0 Å². The molecular formula is C20H25N3O2. The third-order valence-corrected chi connectivity index (χ3v) is 4.68. The van der Waals surface area contributed by atoms with E-state index in [2.05, 4.69) is 9.80 Å². The lowest BCUT2D eigenvalue weighted by molar-refractivity contribution is -0.134. The van der Waals surface area contributed by atoms with Gasteiger partial charge in [-0.15, -0.1) is 0 Å². The number of hydrogen-bond acceptors (Lipinski definition) is 4. The van der Waals surface area contributed by atoms with Crippen LogP contribution >= 0.6 is 0 Å². The number of piperazine rings is 1. The van der Waals surface area contributed by atoms with E-state index in [0.717, 1.165) is 37.4 Å². The van der Waals surface area contributed by atoms with Crippen molar-refractivity contribution in [2.45, 2.75) is 6.04 Å². The third kappa shape index (κ3) is 3.94. The molecule has 0 aliphatic carbocycles. The van der Waals surface area contributed by atoms with Gasteiger partial charge in [0, 0.05) is 46.0 Å². The van der Waals surface area contributed by atoms with E-state index in [1.165, 1.54) is 0 Å². The highest BCUT2D eigenvalue weighted by Crippen LogP contribution is 2.26.